The number of benzene rings is 1. The number of carboxylic acids is 1. The number of nitrogens with two attached hydrogens (primary N) is 1. The maximum Gasteiger partial charge on any atom is 0.337 e. The molecule has 4 nitrogen and oxygen atoms in total. The molecule has 1 rings (SSSR count). The van der Waals surface area contributed by atoms with E-state index in [2.05, 4.69) is 6.92 Å². The van der Waals surface area contributed by atoms with Crippen molar-refractivity contribution in [2.75, 3.05) is 12.3 Å². The summed E-state index contributed by atoms with van der Waals surface area (Å²) < 4.78 is 0. The molecule has 27 heavy (non-hydrogen) atoms. The van der Waals surface area contributed by atoms with Crippen LogP contribution in [-0.2, 0) is 0 Å². The van der Waals surface area contributed by atoms with Gasteiger partial charge in [0, 0.05) is 12.3 Å². The van der Waals surface area contributed by atoms with Crippen LogP contribution in [0.15, 0.2) is 18.2 Å². The van der Waals surface area contributed by atoms with E-state index in [1.807, 2.05) is 6.92 Å². The zero-order valence-corrected chi connectivity index (χ0v) is 17.5. The number of carbonyl (C=O) groups is 1. The second-order valence-electron chi connectivity index (χ2n) is 7.36. The number of unbranched alkanes of at least 4 members (excludes halogenated alkanes) is 12. The van der Waals surface area contributed by atoms with Gasteiger partial charge < -0.3 is 15.9 Å². The van der Waals surface area contributed by atoms with Crippen molar-refractivity contribution in [1.82, 2.24) is 0 Å². The predicted octanol–water partition coefficient (Wildman–Crippen LogP) is 6.35. The Hall–Kier alpha value is -1.55. The fraction of sp³-hybridized carbons (Fsp3) is 0.696. The molecule has 4 N–H and O–H groups in total. The van der Waals surface area contributed by atoms with Crippen LogP contribution in [0.1, 0.15) is 106 Å². The van der Waals surface area contributed by atoms with E-state index in [1.165, 1.54) is 77.0 Å². The highest BCUT2D eigenvalue weighted by atomic mass is 16.4. The first-order valence-corrected chi connectivity index (χ1v) is 10.7. The Morgan fingerprint density at radius 2 is 1.30 bits per heavy atom. The van der Waals surface area contributed by atoms with Crippen LogP contribution in [0.5, 0.6) is 0 Å². The molecule has 0 spiro atoms. The summed E-state index contributed by atoms with van der Waals surface area (Å²) in [5, 5.41) is 17.2. The van der Waals surface area contributed by atoms with Gasteiger partial charge in [0.05, 0.1) is 5.56 Å². The predicted molar refractivity (Wildman–Crippen MR) is 115 cm³/mol. The van der Waals surface area contributed by atoms with Crippen molar-refractivity contribution in [3.8, 4) is 0 Å². The second kappa shape index (κ2) is 17.8. The van der Waals surface area contributed by atoms with E-state index in [-0.39, 0.29) is 5.56 Å². The van der Waals surface area contributed by atoms with Crippen LogP contribution in [0.3, 0.4) is 0 Å². The molecule has 0 saturated carbocycles. The van der Waals surface area contributed by atoms with Crippen LogP contribution in [0.2, 0.25) is 0 Å². The number of aliphatic hydroxyl groups is 1. The Morgan fingerprint density at radius 1 is 0.852 bits per heavy atom. The molecule has 0 amide bonds. The number of aryl methyl sites for hydroxylation is 1. The van der Waals surface area contributed by atoms with E-state index >= 15 is 0 Å². The topological polar surface area (TPSA) is 83.5 Å². The number of anilines is 1. The Balaban J connectivity index is 0.000000533. The molecular weight excluding hydrogens is 338 g/mol. The van der Waals surface area contributed by atoms with Crippen molar-refractivity contribution in [2.24, 2.45) is 0 Å². The molecule has 0 aliphatic carbocycles. The molecule has 0 fully saturated rings. The first kappa shape index (κ1) is 25.4. The van der Waals surface area contributed by atoms with Crippen molar-refractivity contribution >= 4 is 11.7 Å². The highest BCUT2D eigenvalue weighted by molar-refractivity contribution is 5.93. The third-order valence-corrected chi connectivity index (χ3v) is 4.70. The number of aliphatic hydroxyl groups excluding tert-OH is 1. The molecule has 0 aliphatic rings. The van der Waals surface area contributed by atoms with Crippen LogP contribution in [0.25, 0.3) is 0 Å². The van der Waals surface area contributed by atoms with Gasteiger partial charge >= 0.3 is 5.97 Å². The van der Waals surface area contributed by atoms with Crippen molar-refractivity contribution in [3.05, 3.63) is 29.3 Å². The van der Waals surface area contributed by atoms with Crippen molar-refractivity contribution in [3.63, 3.8) is 0 Å². The molecule has 0 saturated heterocycles. The van der Waals surface area contributed by atoms with Gasteiger partial charge in [0.15, 0.2) is 0 Å². The quantitative estimate of drug-likeness (QED) is 0.260. The second-order valence-corrected chi connectivity index (χ2v) is 7.36. The molecule has 1 aromatic carbocycles. The van der Waals surface area contributed by atoms with Crippen LogP contribution in [0.4, 0.5) is 5.69 Å². The number of carboxylic acid groups (broad SMARTS) is 1. The number of hydrogen-bond acceptors (Lipinski definition) is 3. The molecule has 1 aromatic rings. The Kier molecular flexibility index (Phi) is 16.8. The van der Waals surface area contributed by atoms with E-state index in [1.54, 1.807) is 18.2 Å². The number of aromatic carboxylic acids is 1. The van der Waals surface area contributed by atoms with Gasteiger partial charge in [-0.05, 0) is 25.5 Å². The monoisotopic (exact) mass is 379 g/mol. The standard InChI is InChI=1S/C15H32O.C8H9NO2/c1-2-3-4-5-6-7-8-9-10-11-12-13-14-15-16;1-5-2-3-7(9)6(4-5)8(10)11/h16H,2-15H2,1H3;2-4H,9H2,1H3,(H,10,11). The average Bonchev–Trinajstić information content (AvgIpc) is 2.65. The smallest absolute Gasteiger partial charge is 0.337 e. The summed E-state index contributed by atoms with van der Waals surface area (Å²) in [4.78, 5) is 10.5. The summed E-state index contributed by atoms with van der Waals surface area (Å²) in [6, 6.07) is 4.93. The Bertz CT molecular complexity index is 475. The van der Waals surface area contributed by atoms with Gasteiger partial charge in [-0.25, -0.2) is 4.79 Å². The molecule has 0 bridgehead atoms. The lowest BCUT2D eigenvalue weighted by molar-refractivity contribution is 0.0698. The summed E-state index contributed by atoms with van der Waals surface area (Å²) in [5.41, 5.74) is 6.79. The number of nitrogen functional groups attached to an aromatic ring is 1. The molecular formula is C23H41NO3. The van der Waals surface area contributed by atoms with Gasteiger partial charge in [-0.2, -0.15) is 0 Å². The normalized spacial score (nSPS) is 10.3. The molecule has 0 radical (unpaired) electrons. The van der Waals surface area contributed by atoms with Gasteiger partial charge in [0.25, 0.3) is 0 Å². The van der Waals surface area contributed by atoms with Crippen LogP contribution in [0, 0.1) is 6.92 Å². The lowest BCUT2D eigenvalue weighted by Gasteiger charge is -2.02. The molecule has 0 atom stereocenters. The minimum atomic E-state index is -0.980. The summed E-state index contributed by atoms with van der Waals surface area (Å²) in [7, 11) is 0. The van der Waals surface area contributed by atoms with Crippen molar-refractivity contribution < 1.29 is 15.0 Å². The van der Waals surface area contributed by atoms with E-state index in [0.29, 0.717) is 12.3 Å². The first-order valence-electron chi connectivity index (χ1n) is 10.7. The third-order valence-electron chi connectivity index (χ3n) is 4.70. The lowest BCUT2D eigenvalue weighted by Crippen LogP contribution is -2.02. The maximum atomic E-state index is 10.5. The zero-order valence-electron chi connectivity index (χ0n) is 17.5. The largest absolute Gasteiger partial charge is 0.478 e. The lowest BCUT2D eigenvalue weighted by atomic mass is 10.0. The van der Waals surface area contributed by atoms with Crippen molar-refractivity contribution in [1.29, 1.82) is 0 Å². The third kappa shape index (κ3) is 15.2. The summed E-state index contributed by atoms with van der Waals surface area (Å²) in [5.74, 6) is -0.980. The van der Waals surface area contributed by atoms with Gasteiger partial charge in [0.1, 0.15) is 0 Å². The van der Waals surface area contributed by atoms with E-state index < -0.39 is 5.97 Å². The van der Waals surface area contributed by atoms with Gasteiger partial charge in [-0.1, -0.05) is 95.6 Å². The molecule has 0 heterocycles. The zero-order chi connectivity index (χ0) is 20.3. The molecule has 0 aliphatic heterocycles. The van der Waals surface area contributed by atoms with Crippen LogP contribution >= 0.6 is 0 Å². The van der Waals surface area contributed by atoms with E-state index in [0.717, 1.165) is 12.0 Å². The molecule has 156 valence electrons. The summed E-state index contributed by atoms with van der Waals surface area (Å²) >= 11 is 0. The molecule has 0 aromatic heterocycles. The van der Waals surface area contributed by atoms with Gasteiger partial charge in [0.2, 0.25) is 0 Å². The van der Waals surface area contributed by atoms with Gasteiger partial charge in [-0.15, -0.1) is 0 Å². The minimum absolute atomic E-state index is 0.171. The minimum Gasteiger partial charge on any atom is -0.478 e. The Morgan fingerprint density at radius 3 is 1.67 bits per heavy atom. The number of hydrogen-bond donors (Lipinski definition) is 3. The fourth-order valence-electron chi connectivity index (χ4n) is 2.98. The Labute approximate surface area is 166 Å². The highest BCUT2D eigenvalue weighted by Crippen LogP contribution is 2.13. The maximum absolute atomic E-state index is 10.5. The van der Waals surface area contributed by atoms with Crippen LogP contribution < -0.4 is 5.73 Å². The van der Waals surface area contributed by atoms with E-state index in [4.69, 9.17) is 15.9 Å². The molecule has 0 unspecified atom stereocenters. The summed E-state index contributed by atoms with van der Waals surface area (Å²) in [6.45, 7) is 4.47. The van der Waals surface area contributed by atoms with E-state index in [9.17, 15) is 4.79 Å². The van der Waals surface area contributed by atoms with Gasteiger partial charge in [-0.3, -0.25) is 0 Å². The molecule has 4 heteroatoms. The fourth-order valence-corrected chi connectivity index (χ4v) is 2.98. The summed E-state index contributed by atoms with van der Waals surface area (Å²) in [6.07, 6.45) is 17.7. The highest BCUT2D eigenvalue weighted by Gasteiger charge is 2.06. The number of rotatable bonds is 14. The SMILES string of the molecule is CCCCCCCCCCCCCCCO.Cc1ccc(N)c(C(=O)O)c1. The average molecular weight is 380 g/mol. The van der Waals surface area contributed by atoms with Crippen molar-refractivity contribution in [2.45, 2.75) is 97.3 Å². The first-order chi connectivity index (χ1) is 13.0. The van der Waals surface area contributed by atoms with Crippen LogP contribution in [-0.4, -0.2) is 22.8 Å².